The second-order valence-corrected chi connectivity index (χ2v) is 8.50. The van der Waals surface area contributed by atoms with Gasteiger partial charge < -0.3 is 0 Å². The van der Waals surface area contributed by atoms with Crippen LogP contribution in [0.4, 0.5) is 0 Å². The Morgan fingerprint density at radius 3 is 2.54 bits per heavy atom. The summed E-state index contributed by atoms with van der Waals surface area (Å²) in [4.78, 5) is 12.2. The van der Waals surface area contributed by atoms with Crippen molar-refractivity contribution in [3.8, 4) is 5.82 Å². The first-order valence-electron chi connectivity index (χ1n) is 8.55. The number of nitrogens with one attached hydrogen (secondary N) is 1. The molecule has 148 valence electrons. The van der Waals surface area contributed by atoms with Gasteiger partial charge in [-0.25, -0.2) is 22.5 Å². The van der Waals surface area contributed by atoms with Crippen molar-refractivity contribution in [2.45, 2.75) is 32.2 Å². The van der Waals surface area contributed by atoms with Gasteiger partial charge in [0.2, 0.25) is 10.0 Å². The number of hydrogen-bond acceptors (Lipinski definition) is 5. The Labute approximate surface area is 167 Å². The quantitative estimate of drug-likeness (QED) is 0.656. The van der Waals surface area contributed by atoms with Crippen LogP contribution in [0.25, 0.3) is 5.82 Å². The van der Waals surface area contributed by atoms with Crippen LogP contribution in [0.3, 0.4) is 0 Å². The zero-order chi connectivity index (χ0) is 20.5. The largest absolute Gasteiger partial charge is 0.268 e. The molecule has 0 saturated carbocycles. The fourth-order valence-electron chi connectivity index (χ4n) is 2.81. The normalized spacial score (nSPS) is 11.7. The first-order chi connectivity index (χ1) is 13.2. The van der Waals surface area contributed by atoms with Crippen LogP contribution in [0.1, 0.15) is 17.0 Å². The fraction of sp³-hybridized carbons (Fsp3) is 0.278. The summed E-state index contributed by atoms with van der Waals surface area (Å²) >= 11 is 6.00. The maximum atomic E-state index is 12.5. The Balaban J connectivity index is 1.78. The molecule has 0 fully saturated rings. The van der Waals surface area contributed by atoms with E-state index in [4.69, 9.17) is 11.6 Å². The van der Waals surface area contributed by atoms with Crippen molar-refractivity contribution in [3.05, 3.63) is 68.7 Å². The fourth-order valence-corrected chi connectivity index (χ4v) is 4.33. The molecule has 0 aliphatic carbocycles. The topological polar surface area (TPSA) is 98.9 Å². The molecule has 0 amide bonds. The summed E-state index contributed by atoms with van der Waals surface area (Å²) in [6, 6.07) is 9.56. The number of halogens is 1. The van der Waals surface area contributed by atoms with Gasteiger partial charge >= 0.3 is 0 Å². The van der Waals surface area contributed by atoms with Gasteiger partial charge in [0.05, 0.1) is 17.1 Å². The van der Waals surface area contributed by atoms with Crippen LogP contribution in [-0.4, -0.2) is 34.5 Å². The first kappa shape index (κ1) is 20.2. The number of rotatable bonds is 6. The Morgan fingerprint density at radius 1 is 1.11 bits per heavy atom. The molecular formula is C18H20ClN5O3S. The lowest BCUT2D eigenvalue weighted by Crippen LogP contribution is -2.32. The lowest BCUT2D eigenvalue weighted by molar-refractivity contribution is 0.541. The Bertz CT molecular complexity index is 1180. The molecule has 3 rings (SSSR count). The van der Waals surface area contributed by atoms with Crippen molar-refractivity contribution in [2.75, 3.05) is 6.54 Å². The lowest BCUT2D eigenvalue weighted by Gasteiger charge is -2.11. The molecule has 1 aromatic carbocycles. The van der Waals surface area contributed by atoms with Crippen molar-refractivity contribution < 1.29 is 8.42 Å². The molecule has 10 heteroatoms. The monoisotopic (exact) mass is 421 g/mol. The van der Waals surface area contributed by atoms with Crippen LogP contribution >= 0.6 is 11.6 Å². The molecule has 0 bridgehead atoms. The van der Waals surface area contributed by atoms with E-state index >= 15 is 0 Å². The number of nitrogens with zero attached hydrogens (tertiary/aromatic N) is 4. The van der Waals surface area contributed by atoms with Gasteiger partial charge in [0.15, 0.2) is 5.82 Å². The van der Waals surface area contributed by atoms with Crippen LogP contribution in [0.2, 0.25) is 5.02 Å². The highest BCUT2D eigenvalue weighted by atomic mass is 35.5. The number of aryl methyl sites for hydroxylation is 2. The van der Waals surface area contributed by atoms with Gasteiger partial charge in [-0.2, -0.15) is 5.10 Å². The van der Waals surface area contributed by atoms with Gasteiger partial charge in [0, 0.05) is 23.3 Å². The van der Waals surface area contributed by atoms with E-state index in [2.05, 4.69) is 14.9 Å². The average molecular weight is 422 g/mol. The predicted octanol–water partition coefficient (Wildman–Crippen LogP) is 1.99. The minimum atomic E-state index is -3.76. The second kappa shape index (κ2) is 7.86. The molecule has 2 aromatic heterocycles. The minimum Gasteiger partial charge on any atom is -0.268 e. The first-order valence-corrected chi connectivity index (χ1v) is 10.4. The van der Waals surface area contributed by atoms with E-state index in [0.29, 0.717) is 16.4 Å². The summed E-state index contributed by atoms with van der Waals surface area (Å²) in [6.07, 6.45) is 0. The van der Waals surface area contributed by atoms with Crippen LogP contribution in [0, 0.1) is 20.8 Å². The van der Waals surface area contributed by atoms with Gasteiger partial charge in [-0.1, -0.05) is 17.7 Å². The molecular weight excluding hydrogens is 402 g/mol. The highest BCUT2D eigenvalue weighted by molar-refractivity contribution is 7.89. The molecule has 1 N–H and O–H groups in total. The average Bonchev–Trinajstić information content (AvgIpc) is 2.97. The van der Waals surface area contributed by atoms with E-state index in [9.17, 15) is 13.2 Å². The van der Waals surface area contributed by atoms with Crippen LogP contribution in [0.15, 0.2) is 46.1 Å². The molecule has 0 saturated heterocycles. The predicted molar refractivity (Wildman–Crippen MR) is 106 cm³/mol. The van der Waals surface area contributed by atoms with Crippen molar-refractivity contribution in [2.24, 2.45) is 0 Å². The van der Waals surface area contributed by atoms with E-state index < -0.39 is 10.0 Å². The third-order valence-corrected chi connectivity index (χ3v) is 6.22. The molecule has 0 atom stereocenters. The minimum absolute atomic E-state index is 0.00175. The summed E-state index contributed by atoms with van der Waals surface area (Å²) in [7, 11) is -3.76. The van der Waals surface area contributed by atoms with Gasteiger partial charge in [0.1, 0.15) is 0 Å². The number of hydrogen-bond donors (Lipinski definition) is 1. The molecule has 28 heavy (non-hydrogen) atoms. The highest BCUT2D eigenvalue weighted by Crippen LogP contribution is 2.22. The molecule has 0 spiro atoms. The summed E-state index contributed by atoms with van der Waals surface area (Å²) in [5, 5.41) is 9.01. The summed E-state index contributed by atoms with van der Waals surface area (Å²) in [5.74, 6) is 0.485. The summed E-state index contributed by atoms with van der Waals surface area (Å²) in [5.41, 5.74) is 1.86. The molecule has 0 aliphatic rings. The van der Waals surface area contributed by atoms with Gasteiger partial charge in [0.25, 0.3) is 5.56 Å². The number of sulfonamides is 1. The number of aromatic nitrogens is 4. The maximum absolute atomic E-state index is 12.5. The Kier molecular flexibility index (Phi) is 5.69. The molecule has 0 unspecified atom stereocenters. The third kappa shape index (κ3) is 4.16. The van der Waals surface area contributed by atoms with E-state index in [1.54, 1.807) is 29.8 Å². The van der Waals surface area contributed by atoms with Crippen molar-refractivity contribution >= 4 is 21.6 Å². The van der Waals surface area contributed by atoms with Gasteiger partial charge in [-0.15, -0.1) is 5.10 Å². The molecule has 0 radical (unpaired) electrons. The zero-order valence-corrected chi connectivity index (χ0v) is 17.3. The lowest BCUT2D eigenvalue weighted by atomic mass is 10.2. The SMILES string of the molecule is Cc1cc(C)n(-c2ccc(=O)n(CCNS(=O)(=O)c3cccc(Cl)c3C)n2)n1. The van der Waals surface area contributed by atoms with E-state index in [1.165, 1.54) is 16.8 Å². The number of benzene rings is 1. The van der Waals surface area contributed by atoms with Crippen molar-refractivity contribution in [1.29, 1.82) is 0 Å². The van der Waals surface area contributed by atoms with Crippen LogP contribution in [-0.2, 0) is 16.6 Å². The summed E-state index contributed by atoms with van der Waals surface area (Å²) in [6.45, 7) is 5.47. The molecule has 8 nitrogen and oxygen atoms in total. The van der Waals surface area contributed by atoms with E-state index in [0.717, 1.165) is 11.4 Å². The molecule has 3 aromatic rings. The van der Waals surface area contributed by atoms with Gasteiger partial charge in [-0.3, -0.25) is 4.79 Å². The zero-order valence-electron chi connectivity index (χ0n) is 15.7. The van der Waals surface area contributed by atoms with Crippen LogP contribution < -0.4 is 10.3 Å². The smallest absolute Gasteiger partial charge is 0.266 e. The third-order valence-electron chi connectivity index (χ3n) is 4.20. The Hall–Kier alpha value is -2.49. The van der Waals surface area contributed by atoms with Crippen molar-refractivity contribution in [1.82, 2.24) is 24.3 Å². The molecule has 0 aliphatic heterocycles. The van der Waals surface area contributed by atoms with Crippen LogP contribution in [0.5, 0.6) is 0 Å². The van der Waals surface area contributed by atoms with E-state index in [-0.39, 0.29) is 23.5 Å². The van der Waals surface area contributed by atoms with Gasteiger partial charge in [-0.05, 0) is 50.6 Å². The summed E-state index contributed by atoms with van der Waals surface area (Å²) < 4.78 is 30.4. The Morgan fingerprint density at radius 2 is 1.86 bits per heavy atom. The maximum Gasteiger partial charge on any atom is 0.266 e. The standard InChI is InChI=1S/C18H20ClN5O3S/c1-12-11-13(2)24(21-12)17-7-8-18(25)23(22-17)10-9-20-28(26,27)16-6-4-5-15(19)14(16)3/h4-8,11,20H,9-10H2,1-3H3. The molecule has 2 heterocycles. The highest BCUT2D eigenvalue weighted by Gasteiger charge is 2.17. The van der Waals surface area contributed by atoms with Crippen molar-refractivity contribution in [3.63, 3.8) is 0 Å². The second-order valence-electron chi connectivity index (χ2n) is 6.35. The van der Waals surface area contributed by atoms with E-state index in [1.807, 2.05) is 19.9 Å².